The molecule has 0 heterocycles. The molecule has 0 bridgehead atoms. The maximum absolute atomic E-state index is 11.4. The molecule has 0 aromatic heterocycles. The molecule has 0 aliphatic heterocycles. The van der Waals surface area contributed by atoms with Crippen molar-refractivity contribution in [3.63, 3.8) is 0 Å². The van der Waals surface area contributed by atoms with Crippen molar-refractivity contribution in [1.82, 2.24) is 10.6 Å². The van der Waals surface area contributed by atoms with Gasteiger partial charge in [0, 0.05) is 12.1 Å². The fourth-order valence-corrected chi connectivity index (χ4v) is 1.23. The SMILES string of the molecule is CCC(C)(CO)NCC(=O)NCC1CC1. The number of aliphatic hydroxyl groups is 1. The van der Waals surface area contributed by atoms with Crippen molar-refractivity contribution < 1.29 is 9.90 Å². The lowest BCUT2D eigenvalue weighted by Gasteiger charge is -2.26. The number of hydrogen-bond donors (Lipinski definition) is 3. The van der Waals surface area contributed by atoms with Crippen LogP contribution in [0.2, 0.25) is 0 Å². The number of nitrogens with one attached hydrogen (secondary N) is 2. The second-order valence-electron chi connectivity index (χ2n) is 4.67. The molecule has 1 atom stereocenters. The Morgan fingerprint density at radius 2 is 2.20 bits per heavy atom. The number of amides is 1. The molecule has 1 fully saturated rings. The van der Waals surface area contributed by atoms with Gasteiger partial charge in [-0.3, -0.25) is 4.79 Å². The van der Waals surface area contributed by atoms with E-state index in [0.717, 1.165) is 13.0 Å². The van der Waals surface area contributed by atoms with Crippen LogP contribution in [0.25, 0.3) is 0 Å². The molecule has 1 aliphatic carbocycles. The molecule has 4 nitrogen and oxygen atoms in total. The lowest BCUT2D eigenvalue weighted by molar-refractivity contribution is -0.120. The average molecular weight is 214 g/mol. The predicted molar refractivity (Wildman–Crippen MR) is 59.5 cm³/mol. The normalized spacial score (nSPS) is 19.7. The Bertz CT molecular complexity index is 211. The average Bonchev–Trinajstić information content (AvgIpc) is 3.07. The minimum atomic E-state index is -0.336. The summed E-state index contributed by atoms with van der Waals surface area (Å²) in [6, 6.07) is 0. The highest BCUT2D eigenvalue weighted by Gasteiger charge is 2.23. The van der Waals surface area contributed by atoms with Gasteiger partial charge in [0.2, 0.25) is 5.91 Å². The van der Waals surface area contributed by atoms with E-state index in [-0.39, 0.29) is 24.6 Å². The van der Waals surface area contributed by atoms with Crippen LogP contribution < -0.4 is 10.6 Å². The van der Waals surface area contributed by atoms with E-state index in [0.29, 0.717) is 5.92 Å². The third-order valence-electron chi connectivity index (χ3n) is 3.09. The van der Waals surface area contributed by atoms with Gasteiger partial charge in [0.05, 0.1) is 13.2 Å². The molecule has 88 valence electrons. The molecule has 4 heteroatoms. The maximum atomic E-state index is 11.4. The third-order valence-corrected chi connectivity index (χ3v) is 3.09. The smallest absolute Gasteiger partial charge is 0.233 e. The molecule has 15 heavy (non-hydrogen) atoms. The van der Waals surface area contributed by atoms with Crippen molar-refractivity contribution in [1.29, 1.82) is 0 Å². The zero-order valence-corrected chi connectivity index (χ0v) is 9.68. The molecule has 3 N–H and O–H groups in total. The van der Waals surface area contributed by atoms with E-state index < -0.39 is 0 Å². The Morgan fingerprint density at radius 1 is 1.53 bits per heavy atom. The number of carbonyl (C=O) groups excluding carboxylic acids is 1. The zero-order chi connectivity index (χ0) is 11.3. The summed E-state index contributed by atoms with van der Waals surface area (Å²) >= 11 is 0. The summed E-state index contributed by atoms with van der Waals surface area (Å²) in [6.07, 6.45) is 3.30. The highest BCUT2D eigenvalue weighted by atomic mass is 16.3. The van der Waals surface area contributed by atoms with Crippen LogP contribution in [0.15, 0.2) is 0 Å². The maximum Gasteiger partial charge on any atom is 0.233 e. The van der Waals surface area contributed by atoms with Crippen molar-refractivity contribution in [2.24, 2.45) is 5.92 Å². The minimum absolute atomic E-state index is 0.0232. The molecule has 0 saturated heterocycles. The molecule has 1 unspecified atom stereocenters. The zero-order valence-electron chi connectivity index (χ0n) is 9.68. The van der Waals surface area contributed by atoms with Gasteiger partial charge in [-0.2, -0.15) is 0 Å². The second-order valence-corrected chi connectivity index (χ2v) is 4.67. The van der Waals surface area contributed by atoms with Gasteiger partial charge in [0.15, 0.2) is 0 Å². The summed E-state index contributed by atoms with van der Waals surface area (Å²) in [7, 11) is 0. The van der Waals surface area contributed by atoms with Crippen molar-refractivity contribution in [2.75, 3.05) is 19.7 Å². The lowest BCUT2D eigenvalue weighted by atomic mass is 10.0. The van der Waals surface area contributed by atoms with E-state index in [4.69, 9.17) is 5.11 Å². The first kappa shape index (κ1) is 12.5. The summed E-state index contributed by atoms with van der Waals surface area (Å²) in [4.78, 5) is 11.4. The van der Waals surface area contributed by atoms with Crippen LogP contribution in [0.3, 0.4) is 0 Å². The number of carbonyl (C=O) groups is 1. The van der Waals surface area contributed by atoms with Crippen LogP contribution in [0.4, 0.5) is 0 Å². The van der Waals surface area contributed by atoms with Gasteiger partial charge in [-0.25, -0.2) is 0 Å². The van der Waals surface area contributed by atoms with E-state index >= 15 is 0 Å². The molecular weight excluding hydrogens is 192 g/mol. The van der Waals surface area contributed by atoms with Gasteiger partial charge in [0.25, 0.3) is 0 Å². The summed E-state index contributed by atoms with van der Waals surface area (Å²) in [5.41, 5.74) is -0.336. The molecule has 0 aromatic rings. The quantitative estimate of drug-likeness (QED) is 0.570. The van der Waals surface area contributed by atoms with E-state index in [2.05, 4.69) is 10.6 Å². The van der Waals surface area contributed by atoms with E-state index in [1.54, 1.807) is 0 Å². The van der Waals surface area contributed by atoms with Crippen LogP contribution in [0.5, 0.6) is 0 Å². The van der Waals surface area contributed by atoms with Crippen molar-refractivity contribution in [2.45, 2.75) is 38.6 Å². The molecule has 1 rings (SSSR count). The Balaban J connectivity index is 2.13. The number of hydrogen-bond acceptors (Lipinski definition) is 3. The molecule has 0 aromatic carbocycles. The largest absolute Gasteiger partial charge is 0.394 e. The first-order valence-corrected chi connectivity index (χ1v) is 5.72. The lowest BCUT2D eigenvalue weighted by Crippen LogP contribution is -2.49. The van der Waals surface area contributed by atoms with Crippen LogP contribution >= 0.6 is 0 Å². The summed E-state index contributed by atoms with van der Waals surface area (Å²) in [5.74, 6) is 0.736. The number of rotatable bonds is 7. The van der Waals surface area contributed by atoms with Crippen molar-refractivity contribution >= 4 is 5.91 Å². The Morgan fingerprint density at radius 3 is 2.67 bits per heavy atom. The minimum Gasteiger partial charge on any atom is -0.394 e. The van der Waals surface area contributed by atoms with E-state index in [9.17, 15) is 4.79 Å². The van der Waals surface area contributed by atoms with Crippen LogP contribution in [0, 0.1) is 5.92 Å². The highest BCUT2D eigenvalue weighted by molar-refractivity contribution is 5.78. The fourth-order valence-electron chi connectivity index (χ4n) is 1.23. The van der Waals surface area contributed by atoms with Crippen molar-refractivity contribution in [3.05, 3.63) is 0 Å². The molecule has 1 saturated carbocycles. The first-order chi connectivity index (χ1) is 7.09. The van der Waals surface area contributed by atoms with Gasteiger partial charge >= 0.3 is 0 Å². The first-order valence-electron chi connectivity index (χ1n) is 5.72. The Hall–Kier alpha value is -0.610. The van der Waals surface area contributed by atoms with Gasteiger partial charge in [-0.1, -0.05) is 6.92 Å². The molecule has 1 aliphatic rings. The van der Waals surface area contributed by atoms with Crippen LogP contribution in [0.1, 0.15) is 33.1 Å². The number of aliphatic hydroxyl groups excluding tert-OH is 1. The summed E-state index contributed by atoms with van der Waals surface area (Å²) < 4.78 is 0. The van der Waals surface area contributed by atoms with Gasteiger partial charge in [-0.15, -0.1) is 0 Å². The third kappa shape index (κ3) is 4.62. The molecule has 0 radical (unpaired) electrons. The monoisotopic (exact) mass is 214 g/mol. The summed E-state index contributed by atoms with van der Waals surface area (Å²) in [6.45, 7) is 5.06. The Labute approximate surface area is 91.4 Å². The standard InChI is InChI=1S/C11H22N2O2/c1-3-11(2,8-14)13-7-10(15)12-6-9-4-5-9/h9,13-14H,3-8H2,1-2H3,(H,12,15). The van der Waals surface area contributed by atoms with E-state index in [1.807, 2.05) is 13.8 Å². The van der Waals surface area contributed by atoms with Crippen molar-refractivity contribution in [3.8, 4) is 0 Å². The topological polar surface area (TPSA) is 61.4 Å². The molecule has 0 spiro atoms. The predicted octanol–water partition coefficient (Wildman–Crippen LogP) is 0.263. The second kappa shape index (κ2) is 5.47. The molecule has 1 amide bonds. The molecular formula is C11H22N2O2. The fraction of sp³-hybridized carbons (Fsp3) is 0.909. The van der Waals surface area contributed by atoms with Gasteiger partial charge in [0.1, 0.15) is 0 Å². The van der Waals surface area contributed by atoms with Crippen LogP contribution in [-0.4, -0.2) is 36.2 Å². The Kier molecular flexibility index (Phi) is 4.54. The van der Waals surface area contributed by atoms with E-state index in [1.165, 1.54) is 12.8 Å². The summed E-state index contributed by atoms with van der Waals surface area (Å²) in [5, 5.41) is 15.1. The highest BCUT2D eigenvalue weighted by Crippen LogP contribution is 2.27. The van der Waals surface area contributed by atoms with Crippen LogP contribution in [-0.2, 0) is 4.79 Å². The van der Waals surface area contributed by atoms with Gasteiger partial charge in [-0.05, 0) is 32.1 Å². The van der Waals surface area contributed by atoms with Gasteiger partial charge < -0.3 is 15.7 Å².